The zero-order valence-corrected chi connectivity index (χ0v) is 17.3. The number of halogens is 2. The van der Waals surface area contributed by atoms with Crippen LogP contribution in [0.4, 0.5) is 14.6 Å². The summed E-state index contributed by atoms with van der Waals surface area (Å²) in [5.74, 6) is -1.21. The summed E-state index contributed by atoms with van der Waals surface area (Å²) in [7, 11) is 0. The van der Waals surface area contributed by atoms with Crippen molar-refractivity contribution in [2.24, 2.45) is 0 Å². The Morgan fingerprint density at radius 2 is 2.06 bits per heavy atom. The van der Waals surface area contributed by atoms with Crippen molar-refractivity contribution in [1.82, 2.24) is 19.3 Å². The van der Waals surface area contributed by atoms with Gasteiger partial charge in [-0.05, 0) is 24.6 Å². The Kier molecular flexibility index (Phi) is 5.25. The van der Waals surface area contributed by atoms with Crippen molar-refractivity contribution in [2.75, 3.05) is 24.7 Å². The maximum atomic E-state index is 14.5. The van der Waals surface area contributed by atoms with E-state index in [0.717, 1.165) is 12.1 Å². The molecule has 0 amide bonds. The summed E-state index contributed by atoms with van der Waals surface area (Å²) >= 11 is 0. The topological polar surface area (TPSA) is 83.6 Å². The molecule has 3 aromatic rings. The molecule has 32 heavy (non-hydrogen) atoms. The van der Waals surface area contributed by atoms with E-state index >= 15 is 0 Å². The van der Waals surface area contributed by atoms with Crippen molar-refractivity contribution >= 4 is 5.82 Å². The summed E-state index contributed by atoms with van der Waals surface area (Å²) in [6.07, 6.45) is 2.93. The minimum Gasteiger partial charge on any atom is -0.473 e. The van der Waals surface area contributed by atoms with Crippen LogP contribution in [0.3, 0.4) is 0 Å². The van der Waals surface area contributed by atoms with Crippen LogP contribution in [0.2, 0.25) is 0 Å². The zero-order chi connectivity index (χ0) is 22.2. The lowest BCUT2D eigenvalue weighted by Crippen LogP contribution is -2.43. The molecule has 0 spiro atoms. The van der Waals surface area contributed by atoms with Crippen LogP contribution in [0.15, 0.2) is 35.4 Å². The van der Waals surface area contributed by atoms with Crippen LogP contribution in [0, 0.1) is 11.6 Å². The van der Waals surface area contributed by atoms with Crippen molar-refractivity contribution < 1.29 is 23.0 Å². The summed E-state index contributed by atoms with van der Waals surface area (Å²) < 4.78 is 48.6. The molecule has 2 aliphatic heterocycles. The second-order valence-corrected chi connectivity index (χ2v) is 7.58. The number of fused-ring (bicyclic) bond motifs is 3. The third-order valence-corrected chi connectivity index (χ3v) is 5.48. The Labute approximate surface area is 181 Å². The second kappa shape index (κ2) is 8.23. The van der Waals surface area contributed by atoms with E-state index in [1.165, 1.54) is 6.20 Å². The summed E-state index contributed by atoms with van der Waals surface area (Å²) in [5.41, 5.74) is -0.191. The maximum absolute atomic E-state index is 14.5. The van der Waals surface area contributed by atoms with Crippen LogP contribution >= 0.6 is 0 Å². The molecule has 4 heterocycles. The van der Waals surface area contributed by atoms with Gasteiger partial charge in [0, 0.05) is 19.2 Å². The van der Waals surface area contributed by atoms with E-state index in [2.05, 4.69) is 15.0 Å². The molecular formula is C21H21F2N5O4. The minimum absolute atomic E-state index is 0.0914. The van der Waals surface area contributed by atoms with Gasteiger partial charge in [-0.25, -0.2) is 13.6 Å². The standard InChI is InChI=1S/C21H21F2N5O4/c1-2-26-10-15(8-24-26)32-20-16(22)5-13(6-17(20)23)11-31-18-7-19-27-3-4-30-12-14(27)9-28(19)21(29)25-18/h5-8,10,14H,2-4,9,11-12H2,1H3/t14-/m1/s1. The van der Waals surface area contributed by atoms with E-state index in [-0.39, 0.29) is 29.8 Å². The van der Waals surface area contributed by atoms with Crippen molar-refractivity contribution in [3.63, 3.8) is 0 Å². The number of morpholine rings is 1. The second-order valence-electron chi connectivity index (χ2n) is 7.58. The van der Waals surface area contributed by atoms with Crippen molar-refractivity contribution in [2.45, 2.75) is 32.7 Å². The highest BCUT2D eigenvalue weighted by Crippen LogP contribution is 2.30. The summed E-state index contributed by atoms with van der Waals surface area (Å²) in [5, 5.41) is 4.01. The molecule has 168 valence electrons. The first-order valence-electron chi connectivity index (χ1n) is 10.3. The van der Waals surface area contributed by atoms with Crippen molar-refractivity contribution in [3.8, 4) is 17.4 Å². The van der Waals surface area contributed by atoms with Gasteiger partial charge < -0.3 is 19.1 Å². The van der Waals surface area contributed by atoms with Gasteiger partial charge in [0.25, 0.3) is 0 Å². The van der Waals surface area contributed by atoms with Crippen LogP contribution in [0.5, 0.6) is 17.4 Å². The number of anilines is 1. The molecule has 0 saturated carbocycles. The van der Waals surface area contributed by atoms with Gasteiger partial charge in [-0.15, -0.1) is 0 Å². The van der Waals surface area contributed by atoms with E-state index in [1.54, 1.807) is 21.5 Å². The Balaban J connectivity index is 1.31. The van der Waals surface area contributed by atoms with Crippen molar-refractivity contribution in [3.05, 3.63) is 58.3 Å². The lowest BCUT2D eigenvalue weighted by molar-refractivity contribution is 0.0956. The van der Waals surface area contributed by atoms with E-state index in [1.807, 2.05) is 6.92 Å². The maximum Gasteiger partial charge on any atom is 0.352 e. The number of ether oxygens (including phenoxy) is 3. The lowest BCUT2D eigenvalue weighted by atomic mass is 10.2. The van der Waals surface area contributed by atoms with Gasteiger partial charge in [0.05, 0.1) is 38.2 Å². The third-order valence-electron chi connectivity index (χ3n) is 5.48. The van der Waals surface area contributed by atoms with Crippen LogP contribution in [-0.2, 0) is 24.4 Å². The smallest absolute Gasteiger partial charge is 0.352 e. The first-order valence-corrected chi connectivity index (χ1v) is 10.3. The molecule has 0 aliphatic carbocycles. The van der Waals surface area contributed by atoms with E-state index in [4.69, 9.17) is 14.2 Å². The minimum atomic E-state index is -0.869. The predicted octanol–water partition coefficient (Wildman–Crippen LogP) is 2.33. The third kappa shape index (κ3) is 3.79. The van der Waals surface area contributed by atoms with Crippen LogP contribution in [0.1, 0.15) is 12.5 Å². The molecule has 1 saturated heterocycles. The fourth-order valence-electron chi connectivity index (χ4n) is 3.91. The number of nitrogens with zero attached hydrogens (tertiary/aromatic N) is 5. The molecule has 0 radical (unpaired) electrons. The molecule has 5 rings (SSSR count). The average Bonchev–Trinajstić information content (AvgIpc) is 3.39. The molecule has 2 aromatic heterocycles. The number of rotatable bonds is 6. The van der Waals surface area contributed by atoms with Gasteiger partial charge in [0.2, 0.25) is 5.88 Å². The molecule has 11 heteroatoms. The number of benzene rings is 1. The van der Waals surface area contributed by atoms with Crippen LogP contribution in [-0.4, -0.2) is 45.1 Å². The van der Waals surface area contributed by atoms with Gasteiger partial charge in [-0.3, -0.25) is 9.25 Å². The predicted molar refractivity (Wildman–Crippen MR) is 109 cm³/mol. The molecule has 2 aliphatic rings. The average molecular weight is 445 g/mol. The highest BCUT2D eigenvalue weighted by molar-refractivity contribution is 5.47. The van der Waals surface area contributed by atoms with E-state index < -0.39 is 23.1 Å². The van der Waals surface area contributed by atoms with Gasteiger partial charge in [0.1, 0.15) is 12.4 Å². The SMILES string of the molecule is CCn1cc(Oc2c(F)cc(COc3cc4n(c(=O)n3)C[C@@H]3COCCN43)cc2F)cn1. The molecular weight excluding hydrogens is 424 g/mol. The first-order chi connectivity index (χ1) is 15.5. The fraction of sp³-hybridized carbons (Fsp3) is 0.381. The first kappa shape index (κ1) is 20.4. The van der Waals surface area contributed by atoms with Gasteiger partial charge in [-0.2, -0.15) is 10.1 Å². The lowest BCUT2D eigenvalue weighted by Gasteiger charge is -2.30. The number of hydrogen-bond acceptors (Lipinski definition) is 7. The normalized spacial score (nSPS) is 17.2. The Bertz CT molecular complexity index is 1190. The van der Waals surface area contributed by atoms with Crippen LogP contribution < -0.4 is 20.1 Å². The van der Waals surface area contributed by atoms with E-state index in [0.29, 0.717) is 38.7 Å². The summed E-state index contributed by atoms with van der Waals surface area (Å²) in [4.78, 5) is 18.4. The van der Waals surface area contributed by atoms with Crippen molar-refractivity contribution in [1.29, 1.82) is 0 Å². The molecule has 1 atom stereocenters. The fourth-order valence-corrected chi connectivity index (χ4v) is 3.91. The highest BCUT2D eigenvalue weighted by atomic mass is 19.1. The highest BCUT2D eigenvalue weighted by Gasteiger charge is 2.33. The largest absolute Gasteiger partial charge is 0.473 e. The van der Waals surface area contributed by atoms with Gasteiger partial charge in [-0.1, -0.05) is 0 Å². The quantitative estimate of drug-likeness (QED) is 0.576. The summed E-state index contributed by atoms with van der Waals surface area (Å²) in [6.45, 7) is 4.63. The van der Waals surface area contributed by atoms with E-state index in [9.17, 15) is 13.6 Å². The van der Waals surface area contributed by atoms with Crippen LogP contribution in [0.25, 0.3) is 0 Å². The number of aromatic nitrogens is 4. The molecule has 1 fully saturated rings. The van der Waals surface area contributed by atoms with Gasteiger partial charge in [0.15, 0.2) is 23.1 Å². The Morgan fingerprint density at radius 3 is 2.81 bits per heavy atom. The molecule has 0 N–H and O–H groups in total. The monoisotopic (exact) mass is 445 g/mol. The van der Waals surface area contributed by atoms with Gasteiger partial charge >= 0.3 is 5.69 Å². The number of aryl methyl sites for hydroxylation is 1. The molecule has 0 bridgehead atoms. The number of hydrogen-bond donors (Lipinski definition) is 0. The Hall–Kier alpha value is -3.47. The zero-order valence-electron chi connectivity index (χ0n) is 17.3. The molecule has 1 aromatic carbocycles. The molecule has 9 nitrogen and oxygen atoms in total. The Morgan fingerprint density at radius 1 is 1.25 bits per heavy atom. The molecule has 0 unspecified atom stereocenters. The summed E-state index contributed by atoms with van der Waals surface area (Å²) in [6, 6.07) is 4.01.